The fourth-order valence-corrected chi connectivity index (χ4v) is 5.63. The minimum atomic E-state index is -4.56. The number of carbonyl (C=O) groups excluding carboxylic acids is 2. The van der Waals surface area contributed by atoms with E-state index in [9.17, 15) is 22.8 Å². The van der Waals surface area contributed by atoms with Gasteiger partial charge >= 0.3 is 6.18 Å². The Bertz CT molecular complexity index is 1480. The Balaban J connectivity index is 1.49. The van der Waals surface area contributed by atoms with Crippen molar-refractivity contribution in [1.29, 1.82) is 0 Å². The van der Waals surface area contributed by atoms with Crippen molar-refractivity contribution >= 4 is 29.1 Å². The third kappa shape index (κ3) is 6.75. The van der Waals surface area contributed by atoms with Crippen molar-refractivity contribution < 1.29 is 27.5 Å². The van der Waals surface area contributed by atoms with Gasteiger partial charge in [0.2, 0.25) is 0 Å². The molecule has 11 heteroatoms. The fraction of sp³-hybridized carbons (Fsp3) is 0.375. The zero-order valence-electron chi connectivity index (χ0n) is 23.8. The number of nitrogens with zero attached hydrogens (tertiary/aromatic N) is 2. The summed E-state index contributed by atoms with van der Waals surface area (Å²) >= 11 is 6.15. The Hall–Kier alpha value is -3.76. The molecule has 1 saturated carbocycles. The van der Waals surface area contributed by atoms with Crippen LogP contribution in [0.5, 0.6) is 5.75 Å². The summed E-state index contributed by atoms with van der Waals surface area (Å²) in [4.78, 5) is 30.9. The molecule has 43 heavy (non-hydrogen) atoms. The Morgan fingerprint density at radius 1 is 1.07 bits per heavy atom. The minimum absolute atomic E-state index is 0.0205. The molecule has 0 unspecified atom stereocenters. The number of ether oxygens (including phenoxy) is 1. The lowest BCUT2D eigenvalue weighted by Gasteiger charge is -2.43. The molecule has 3 N–H and O–H groups in total. The maximum Gasteiger partial charge on any atom is 0.416 e. The maximum atomic E-state index is 13.7. The molecule has 7 nitrogen and oxygen atoms in total. The lowest BCUT2D eigenvalue weighted by Crippen LogP contribution is -2.55. The van der Waals surface area contributed by atoms with E-state index in [4.69, 9.17) is 22.1 Å². The van der Waals surface area contributed by atoms with Crippen LogP contribution in [0.4, 0.5) is 18.9 Å². The van der Waals surface area contributed by atoms with Gasteiger partial charge in [0.1, 0.15) is 11.3 Å². The van der Waals surface area contributed by atoms with Crippen molar-refractivity contribution in [1.82, 2.24) is 10.2 Å². The van der Waals surface area contributed by atoms with Crippen LogP contribution in [0, 0.1) is 0 Å². The van der Waals surface area contributed by atoms with Crippen molar-refractivity contribution in [2.45, 2.75) is 44.5 Å². The highest BCUT2D eigenvalue weighted by molar-refractivity contribution is 6.33. The lowest BCUT2D eigenvalue weighted by atomic mass is 9.97. The Kier molecular flexibility index (Phi) is 9.17. The number of halogens is 4. The van der Waals surface area contributed by atoms with E-state index in [1.165, 1.54) is 0 Å². The van der Waals surface area contributed by atoms with Gasteiger partial charge in [-0.3, -0.25) is 9.59 Å². The summed E-state index contributed by atoms with van der Waals surface area (Å²) in [6.45, 7) is 3.55. The van der Waals surface area contributed by atoms with E-state index in [0.717, 1.165) is 42.2 Å². The molecule has 1 aliphatic heterocycles. The molecule has 1 saturated heterocycles. The van der Waals surface area contributed by atoms with Gasteiger partial charge in [0.25, 0.3) is 11.8 Å². The molecule has 0 aromatic heterocycles. The predicted molar refractivity (Wildman–Crippen MR) is 161 cm³/mol. The molecule has 3 aromatic rings. The molecular formula is C32H34ClF3N4O3. The number of anilines is 1. The molecule has 228 valence electrons. The summed E-state index contributed by atoms with van der Waals surface area (Å²) in [5.74, 6) is -0.209. The van der Waals surface area contributed by atoms with Crippen LogP contribution in [0.15, 0.2) is 60.7 Å². The lowest BCUT2D eigenvalue weighted by molar-refractivity contribution is -0.137. The number of alkyl halides is 3. The van der Waals surface area contributed by atoms with Crippen LogP contribution in [0.25, 0.3) is 11.1 Å². The second kappa shape index (κ2) is 12.9. The molecule has 0 radical (unpaired) electrons. The number of piperazine rings is 1. The highest BCUT2D eigenvalue weighted by Crippen LogP contribution is 2.43. The summed E-state index contributed by atoms with van der Waals surface area (Å²) in [7, 11) is 0. The Morgan fingerprint density at radius 3 is 2.44 bits per heavy atom. The number of rotatable bonds is 9. The van der Waals surface area contributed by atoms with Crippen LogP contribution in [0.1, 0.15) is 52.5 Å². The Labute approximate surface area is 253 Å². The summed E-state index contributed by atoms with van der Waals surface area (Å²) in [5.41, 5.74) is 7.66. The van der Waals surface area contributed by atoms with Gasteiger partial charge in [-0.05, 0) is 55.2 Å². The van der Waals surface area contributed by atoms with Gasteiger partial charge in [0.15, 0.2) is 0 Å². The third-order valence-electron chi connectivity index (χ3n) is 7.76. The first kappa shape index (κ1) is 30.7. The summed E-state index contributed by atoms with van der Waals surface area (Å²) in [6.07, 6.45) is -2.06. The number of nitrogens with two attached hydrogens (primary N) is 1. The summed E-state index contributed by atoms with van der Waals surface area (Å²) < 4.78 is 45.8. The smallest absolute Gasteiger partial charge is 0.416 e. The van der Waals surface area contributed by atoms with Gasteiger partial charge in [-0.25, -0.2) is 0 Å². The summed E-state index contributed by atoms with van der Waals surface area (Å²) in [5, 5.41) is 2.67. The van der Waals surface area contributed by atoms with Crippen LogP contribution in [-0.2, 0) is 6.18 Å². The third-order valence-corrected chi connectivity index (χ3v) is 8.08. The standard InChI is InChI=1S/C32H34ClF3N4O3/c1-2-22-19-39(31(42)25-11-8-21(18-26(25)33)32(34,35)36)16-17-40(22)27-13-12-24(20-6-4-3-5-7-20)29(43-23-9-10-23)28(27)30(41)38-15-14-37/h3-8,11-13,18,22-23H,2,9-10,14-17,19,37H2,1H3,(H,38,41)/t22-/m1/s1. The van der Waals surface area contributed by atoms with Crippen molar-refractivity contribution in [3.05, 3.63) is 82.4 Å². The zero-order chi connectivity index (χ0) is 30.7. The minimum Gasteiger partial charge on any atom is -0.489 e. The van der Waals surface area contributed by atoms with Crippen molar-refractivity contribution in [2.75, 3.05) is 37.6 Å². The molecule has 1 aliphatic carbocycles. The topological polar surface area (TPSA) is 87.9 Å². The number of carbonyl (C=O) groups is 2. The van der Waals surface area contributed by atoms with Gasteiger partial charge < -0.3 is 25.6 Å². The molecule has 0 spiro atoms. The SMILES string of the molecule is CC[C@@H]1CN(C(=O)c2ccc(C(F)(F)F)cc2Cl)CCN1c1ccc(-c2ccccc2)c(OC2CC2)c1C(=O)NCCN. The quantitative estimate of drug-likeness (QED) is 0.309. The highest BCUT2D eigenvalue weighted by Gasteiger charge is 2.36. The number of benzene rings is 3. The van der Waals surface area contributed by atoms with Crippen molar-refractivity contribution in [3.63, 3.8) is 0 Å². The molecular weight excluding hydrogens is 581 g/mol. The Morgan fingerprint density at radius 2 is 1.81 bits per heavy atom. The van der Waals surface area contributed by atoms with Crippen LogP contribution < -0.4 is 20.7 Å². The summed E-state index contributed by atoms with van der Waals surface area (Å²) in [6, 6.07) is 16.2. The molecule has 0 bridgehead atoms. The molecule has 5 rings (SSSR count). The largest absolute Gasteiger partial charge is 0.489 e. The van der Waals surface area contributed by atoms with Crippen molar-refractivity contribution in [2.24, 2.45) is 5.73 Å². The van der Waals surface area contributed by atoms with Gasteiger partial charge in [-0.15, -0.1) is 0 Å². The number of hydrogen-bond donors (Lipinski definition) is 2. The van der Waals surface area contributed by atoms with Crippen molar-refractivity contribution in [3.8, 4) is 16.9 Å². The van der Waals surface area contributed by atoms with E-state index >= 15 is 0 Å². The second-order valence-corrected chi connectivity index (χ2v) is 11.2. The average molecular weight is 615 g/mol. The molecule has 1 heterocycles. The van der Waals surface area contributed by atoms with Gasteiger partial charge in [-0.1, -0.05) is 48.9 Å². The number of nitrogens with one attached hydrogen (secondary N) is 1. The van der Waals surface area contributed by atoms with E-state index in [1.54, 1.807) is 4.90 Å². The van der Waals surface area contributed by atoms with E-state index in [-0.39, 0.29) is 41.7 Å². The number of amides is 2. The molecule has 2 fully saturated rings. The van der Waals surface area contributed by atoms with Gasteiger partial charge in [0.05, 0.1) is 27.9 Å². The van der Waals surface area contributed by atoms with E-state index in [1.807, 2.05) is 49.4 Å². The van der Waals surface area contributed by atoms with E-state index in [2.05, 4.69) is 10.2 Å². The monoisotopic (exact) mass is 614 g/mol. The number of hydrogen-bond acceptors (Lipinski definition) is 5. The second-order valence-electron chi connectivity index (χ2n) is 10.8. The van der Waals surface area contributed by atoms with Crippen LogP contribution >= 0.6 is 11.6 Å². The predicted octanol–water partition coefficient (Wildman–Crippen LogP) is 6.00. The normalized spacial score (nSPS) is 17.1. The van der Waals surface area contributed by atoms with Crippen LogP contribution in [0.3, 0.4) is 0 Å². The average Bonchev–Trinajstić information content (AvgIpc) is 3.83. The van der Waals surface area contributed by atoms with E-state index < -0.39 is 17.6 Å². The highest BCUT2D eigenvalue weighted by atomic mass is 35.5. The first-order valence-electron chi connectivity index (χ1n) is 14.4. The molecule has 3 aromatic carbocycles. The van der Waals surface area contributed by atoms with Crippen LogP contribution in [0.2, 0.25) is 5.02 Å². The molecule has 1 atom stereocenters. The van der Waals surface area contributed by atoms with Gasteiger partial charge in [0, 0.05) is 44.3 Å². The molecule has 2 aliphatic rings. The zero-order valence-corrected chi connectivity index (χ0v) is 24.5. The first-order valence-corrected chi connectivity index (χ1v) is 14.8. The maximum absolute atomic E-state index is 13.7. The van der Waals surface area contributed by atoms with E-state index in [0.29, 0.717) is 43.1 Å². The molecule has 2 amide bonds. The fourth-order valence-electron chi connectivity index (χ4n) is 5.37. The van der Waals surface area contributed by atoms with Gasteiger partial charge in [-0.2, -0.15) is 13.2 Å². The first-order chi connectivity index (χ1) is 20.6. The van der Waals surface area contributed by atoms with Crippen LogP contribution in [-0.4, -0.2) is 61.6 Å².